The van der Waals surface area contributed by atoms with Crippen LogP contribution < -0.4 is 0 Å². The number of rotatable bonds is 2. The van der Waals surface area contributed by atoms with Crippen molar-refractivity contribution in [1.82, 2.24) is 0 Å². The SMILES string of the molecule is Cc1cc(C(=O)c2ccoc2C)c(C)cc1Cl. The minimum atomic E-state index is -0.0199. The van der Waals surface area contributed by atoms with E-state index in [9.17, 15) is 4.79 Å². The molecule has 1 heterocycles. The average molecular weight is 249 g/mol. The second kappa shape index (κ2) is 4.38. The van der Waals surface area contributed by atoms with Gasteiger partial charge in [-0.2, -0.15) is 0 Å². The summed E-state index contributed by atoms with van der Waals surface area (Å²) in [5.74, 6) is 0.621. The number of benzene rings is 1. The number of furan rings is 1. The predicted octanol–water partition coefficient (Wildman–Crippen LogP) is 4.09. The second-order valence-corrected chi connectivity index (χ2v) is 4.54. The molecule has 0 bridgehead atoms. The van der Waals surface area contributed by atoms with Crippen molar-refractivity contribution in [1.29, 1.82) is 0 Å². The summed E-state index contributed by atoms with van der Waals surface area (Å²) in [7, 11) is 0. The Hall–Kier alpha value is -1.54. The summed E-state index contributed by atoms with van der Waals surface area (Å²) >= 11 is 6.02. The van der Waals surface area contributed by atoms with E-state index in [1.807, 2.05) is 26.0 Å². The van der Waals surface area contributed by atoms with Gasteiger partial charge in [-0.1, -0.05) is 11.6 Å². The maximum atomic E-state index is 12.3. The quantitative estimate of drug-likeness (QED) is 0.750. The second-order valence-electron chi connectivity index (χ2n) is 4.14. The largest absolute Gasteiger partial charge is 0.469 e. The van der Waals surface area contributed by atoms with E-state index in [4.69, 9.17) is 16.0 Å². The zero-order valence-electron chi connectivity index (χ0n) is 10.0. The molecular formula is C14H13ClO2. The maximum Gasteiger partial charge on any atom is 0.196 e. The Balaban J connectivity index is 2.52. The molecule has 0 fully saturated rings. The summed E-state index contributed by atoms with van der Waals surface area (Å²) in [6.45, 7) is 5.56. The first-order chi connectivity index (χ1) is 8.00. The number of halogens is 1. The van der Waals surface area contributed by atoms with E-state index in [2.05, 4.69) is 0 Å². The first-order valence-corrected chi connectivity index (χ1v) is 5.74. The number of aryl methyl sites for hydroxylation is 3. The Kier molecular flexibility index (Phi) is 3.07. The van der Waals surface area contributed by atoms with Crippen LogP contribution in [0.15, 0.2) is 28.9 Å². The molecule has 0 spiro atoms. The Morgan fingerprint density at radius 1 is 1.12 bits per heavy atom. The minimum Gasteiger partial charge on any atom is -0.469 e. The highest BCUT2D eigenvalue weighted by Crippen LogP contribution is 2.23. The Labute approximate surface area is 105 Å². The molecule has 0 unspecified atom stereocenters. The number of hydrogen-bond acceptors (Lipinski definition) is 2. The van der Waals surface area contributed by atoms with Crippen LogP contribution in [0.3, 0.4) is 0 Å². The molecule has 0 aliphatic heterocycles. The standard InChI is InChI=1S/C14H13ClO2/c1-8-7-13(15)9(2)6-12(8)14(16)11-4-5-17-10(11)3/h4-7H,1-3H3. The van der Waals surface area contributed by atoms with E-state index in [0.717, 1.165) is 11.1 Å². The number of hydrogen-bond donors (Lipinski definition) is 0. The van der Waals surface area contributed by atoms with Gasteiger partial charge in [-0.3, -0.25) is 4.79 Å². The molecule has 0 N–H and O–H groups in total. The molecule has 1 aromatic heterocycles. The first kappa shape index (κ1) is 11.9. The van der Waals surface area contributed by atoms with Crippen molar-refractivity contribution in [2.45, 2.75) is 20.8 Å². The van der Waals surface area contributed by atoms with Crippen LogP contribution in [0.1, 0.15) is 32.8 Å². The van der Waals surface area contributed by atoms with Gasteiger partial charge in [-0.15, -0.1) is 0 Å². The van der Waals surface area contributed by atoms with Crippen molar-refractivity contribution < 1.29 is 9.21 Å². The highest BCUT2D eigenvalue weighted by molar-refractivity contribution is 6.31. The summed E-state index contributed by atoms with van der Waals surface area (Å²) in [4.78, 5) is 12.3. The summed E-state index contributed by atoms with van der Waals surface area (Å²) < 4.78 is 5.15. The third-order valence-corrected chi connectivity index (χ3v) is 3.26. The van der Waals surface area contributed by atoms with Crippen LogP contribution in [0.2, 0.25) is 5.02 Å². The molecule has 88 valence electrons. The Bertz CT molecular complexity index is 582. The lowest BCUT2D eigenvalue weighted by Crippen LogP contribution is -2.04. The van der Waals surface area contributed by atoms with Gasteiger partial charge in [0.15, 0.2) is 5.78 Å². The van der Waals surface area contributed by atoms with Gasteiger partial charge in [0.2, 0.25) is 0 Å². The lowest BCUT2D eigenvalue weighted by atomic mass is 9.97. The fourth-order valence-corrected chi connectivity index (χ4v) is 2.01. The molecule has 3 heteroatoms. The zero-order chi connectivity index (χ0) is 12.6. The van der Waals surface area contributed by atoms with Gasteiger partial charge in [0.25, 0.3) is 0 Å². The van der Waals surface area contributed by atoms with Crippen LogP contribution >= 0.6 is 11.6 Å². The number of carbonyl (C=O) groups is 1. The summed E-state index contributed by atoms with van der Waals surface area (Å²) in [5, 5.41) is 0.683. The summed E-state index contributed by atoms with van der Waals surface area (Å²) in [6.07, 6.45) is 1.53. The lowest BCUT2D eigenvalue weighted by molar-refractivity contribution is 0.103. The van der Waals surface area contributed by atoms with Crippen LogP contribution in [0, 0.1) is 20.8 Å². The molecule has 0 atom stereocenters. The van der Waals surface area contributed by atoms with Crippen LogP contribution in [0.4, 0.5) is 0 Å². The van der Waals surface area contributed by atoms with Gasteiger partial charge in [-0.05, 0) is 50.1 Å². The van der Waals surface area contributed by atoms with Gasteiger partial charge >= 0.3 is 0 Å². The van der Waals surface area contributed by atoms with Crippen molar-refractivity contribution in [2.75, 3.05) is 0 Å². The molecule has 0 aliphatic carbocycles. The summed E-state index contributed by atoms with van der Waals surface area (Å²) in [6, 6.07) is 5.34. The van der Waals surface area contributed by atoms with Crippen molar-refractivity contribution in [3.8, 4) is 0 Å². The molecule has 0 aliphatic rings. The van der Waals surface area contributed by atoms with Gasteiger partial charge in [0, 0.05) is 10.6 Å². The fourth-order valence-electron chi connectivity index (χ4n) is 1.79. The van der Waals surface area contributed by atoms with Crippen LogP contribution in [-0.2, 0) is 0 Å². The predicted molar refractivity (Wildman–Crippen MR) is 67.8 cm³/mol. The van der Waals surface area contributed by atoms with Crippen molar-refractivity contribution in [3.05, 3.63) is 57.5 Å². The zero-order valence-corrected chi connectivity index (χ0v) is 10.8. The van der Waals surface area contributed by atoms with E-state index in [0.29, 0.717) is 21.9 Å². The van der Waals surface area contributed by atoms with E-state index in [-0.39, 0.29) is 5.78 Å². The van der Waals surface area contributed by atoms with Gasteiger partial charge in [0.1, 0.15) is 5.76 Å². The molecule has 17 heavy (non-hydrogen) atoms. The molecule has 2 nitrogen and oxygen atoms in total. The monoisotopic (exact) mass is 248 g/mol. The lowest BCUT2D eigenvalue weighted by Gasteiger charge is -2.07. The fraction of sp³-hybridized carbons (Fsp3) is 0.214. The van der Waals surface area contributed by atoms with E-state index >= 15 is 0 Å². The van der Waals surface area contributed by atoms with Gasteiger partial charge in [-0.25, -0.2) is 0 Å². The smallest absolute Gasteiger partial charge is 0.196 e. The molecule has 0 radical (unpaired) electrons. The summed E-state index contributed by atoms with van der Waals surface area (Å²) in [5.41, 5.74) is 3.07. The van der Waals surface area contributed by atoms with Crippen molar-refractivity contribution in [3.63, 3.8) is 0 Å². The van der Waals surface area contributed by atoms with Crippen LogP contribution in [0.25, 0.3) is 0 Å². The van der Waals surface area contributed by atoms with E-state index < -0.39 is 0 Å². The normalized spacial score (nSPS) is 10.6. The van der Waals surface area contributed by atoms with Gasteiger partial charge in [0.05, 0.1) is 11.8 Å². The van der Waals surface area contributed by atoms with E-state index in [1.54, 1.807) is 13.0 Å². The highest BCUT2D eigenvalue weighted by Gasteiger charge is 2.16. The first-order valence-electron chi connectivity index (χ1n) is 5.36. The van der Waals surface area contributed by atoms with Gasteiger partial charge < -0.3 is 4.42 Å². The maximum absolute atomic E-state index is 12.3. The molecule has 0 saturated heterocycles. The Morgan fingerprint density at radius 3 is 2.41 bits per heavy atom. The molecule has 2 aromatic rings. The Morgan fingerprint density at radius 2 is 1.82 bits per heavy atom. The van der Waals surface area contributed by atoms with E-state index in [1.165, 1.54) is 6.26 Å². The third-order valence-electron chi connectivity index (χ3n) is 2.85. The molecular weight excluding hydrogens is 236 g/mol. The van der Waals surface area contributed by atoms with Crippen molar-refractivity contribution >= 4 is 17.4 Å². The van der Waals surface area contributed by atoms with Crippen LogP contribution in [-0.4, -0.2) is 5.78 Å². The number of carbonyl (C=O) groups excluding carboxylic acids is 1. The molecule has 0 amide bonds. The topological polar surface area (TPSA) is 30.2 Å². The molecule has 2 rings (SSSR count). The third kappa shape index (κ3) is 2.13. The molecule has 0 saturated carbocycles. The number of ketones is 1. The minimum absolute atomic E-state index is 0.0199. The van der Waals surface area contributed by atoms with Crippen molar-refractivity contribution in [2.24, 2.45) is 0 Å². The average Bonchev–Trinajstić information content (AvgIpc) is 2.69. The highest BCUT2D eigenvalue weighted by atomic mass is 35.5. The van der Waals surface area contributed by atoms with Crippen LogP contribution in [0.5, 0.6) is 0 Å². The molecule has 1 aromatic carbocycles.